The first-order chi connectivity index (χ1) is 10.2. The number of nitriles is 1. The zero-order valence-electron chi connectivity index (χ0n) is 12.5. The molecular weight excluding hydrogens is 266 g/mol. The van der Waals surface area contributed by atoms with Gasteiger partial charge in [-0.3, -0.25) is 0 Å². The maximum Gasteiger partial charge on any atom is 0.363 e. The summed E-state index contributed by atoms with van der Waals surface area (Å²) in [5, 5.41) is 17.6. The molecule has 0 unspecified atom stereocenters. The highest BCUT2D eigenvalue weighted by molar-refractivity contribution is 5.00. The highest BCUT2D eigenvalue weighted by Crippen LogP contribution is 2.38. The standard InChI is InChI=1S/C15H23N5O/c16-12-15(8-4-1-5-9-15)10-11-19-14(21)20(18-17-19)13-6-2-3-7-13/h13H,1-11H2. The molecule has 0 amide bonds. The van der Waals surface area contributed by atoms with E-state index in [0.29, 0.717) is 13.0 Å². The third kappa shape index (κ3) is 2.87. The quantitative estimate of drug-likeness (QED) is 0.853. The van der Waals surface area contributed by atoms with Gasteiger partial charge in [0.25, 0.3) is 0 Å². The van der Waals surface area contributed by atoms with E-state index in [1.54, 1.807) is 4.68 Å². The minimum absolute atomic E-state index is 0.106. The van der Waals surface area contributed by atoms with Crippen LogP contribution in [0.4, 0.5) is 0 Å². The molecule has 2 saturated carbocycles. The van der Waals surface area contributed by atoms with E-state index in [9.17, 15) is 10.1 Å². The highest BCUT2D eigenvalue weighted by atomic mass is 16.2. The van der Waals surface area contributed by atoms with Crippen LogP contribution >= 0.6 is 0 Å². The summed E-state index contributed by atoms with van der Waals surface area (Å²) < 4.78 is 3.00. The highest BCUT2D eigenvalue weighted by Gasteiger charge is 2.32. The molecule has 2 fully saturated rings. The van der Waals surface area contributed by atoms with Gasteiger partial charge < -0.3 is 0 Å². The van der Waals surface area contributed by atoms with Crippen LogP contribution in [0.25, 0.3) is 0 Å². The molecule has 3 rings (SSSR count). The van der Waals surface area contributed by atoms with Crippen LogP contribution in [0.3, 0.4) is 0 Å². The topological polar surface area (TPSA) is 76.5 Å². The van der Waals surface area contributed by atoms with Crippen molar-refractivity contribution < 1.29 is 0 Å². The Morgan fingerprint density at radius 3 is 2.52 bits per heavy atom. The minimum atomic E-state index is -0.255. The summed E-state index contributed by atoms with van der Waals surface area (Å²) in [6.07, 6.45) is 10.5. The van der Waals surface area contributed by atoms with E-state index in [1.807, 2.05) is 0 Å². The van der Waals surface area contributed by atoms with Gasteiger partial charge in [-0.2, -0.15) is 14.6 Å². The minimum Gasteiger partial charge on any atom is -0.244 e. The fraction of sp³-hybridized carbons (Fsp3) is 0.867. The molecule has 1 aromatic rings. The summed E-state index contributed by atoms with van der Waals surface area (Å²) >= 11 is 0. The van der Waals surface area contributed by atoms with Gasteiger partial charge in [0.15, 0.2) is 0 Å². The second-order valence-corrected chi connectivity index (χ2v) is 6.57. The Bertz CT molecular complexity index is 570. The number of hydrogen-bond donors (Lipinski definition) is 0. The fourth-order valence-electron chi connectivity index (χ4n) is 3.77. The Balaban J connectivity index is 1.68. The molecule has 0 N–H and O–H groups in total. The van der Waals surface area contributed by atoms with E-state index >= 15 is 0 Å². The lowest BCUT2D eigenvalue weighted by Gasteiger charge is -2.30. The molecule has 6 nitrogen and oxygen atoms in total. The van der Waals surface area contributed by atoms with Gasteiger partial charge >= 0.3 is 5.69 Å². The van der Waals surface area contributed by atoms with Crippen LogP contribution in [0.5, 0.6) is 0 Å². The number of rotatable bonds is 4. The molecule has 114 valence electrons. The predicted molar refractivity (Wildman–Crippen MR) is 77.5 cm³/mol. The van der Waals surface area contributed by atoms with Crippen LogP contribution < -0.4 is 5.69 Å². The van der Waals surface area contributed by atoms with Crippen molar-refractivity contribution in [1.82, 2.24) is 19.8 Å². The average Bonchev–Trinajstić information content (AvgIpc) is 3.16. The molecule has 2 aliphatic rings. The zero-order chi connectivity index (χ0) is 14.7. The second kappa shape index (κ2) is 6.00. The molecule has 0 atom stereocenters. The first-order valence-corrected chi connectivity index (χ1v) is 8.18. The lowest BCUT2D eigenvalue weighted by Crippen LogP contribution is -2.30. The van der Waals surface area contributed by atoms with Crippen LogP contribution in [0.15, 0.2) is 4.79 Å². The lowest BCUT2D eigenvalue weighted by atomic mass is 9.73. The SMILES string of the molecule is N#CC1(CCn2nnn(C3CCCC3)c2=O)CCCCC1. The Kier molecular flexibility index (Phi) is 4.09. The van der Waals surface area contributed by atoms with E-state index in [-0.39, 0.29) is 17.1 Å². The summed E-state index contributed by atoms with van der Waals surface area (Å²) in [7, 11) is 0. The third-order valence-corrected chi connectivity index (χ3v) is 5.18. The van der Waals surface area contributed by atoms with Gasteiger partial charge in [-0.1, -0.05) is 32.1 Å². The van der Waals surface area contributed by atoms with Gasteiger partial charge in [0.05, 0.1) is 17.5 Å². The van der Waals surface area contributed by atoms with Crippen molar-refractivity contribution >= 4 is 0 Å². The van der Waals surface area contributed by atoms with Crippen LogP contribution in [-0.4, -0.2) is 19.8 Å². The zero-order valence-corrected chi connectivity index (χ0v) is 12.5. The number of nitrogens with zero attached hydrogens (tertiary/aromatic N) is 5. The van der Waals surface area contributed by atoms with Crippen molar-refractivity contribution in [2.45, 2.75) is 76.8 Å². The first-order valence-electron chi connectivity index (χ1n) is 8.18. The van der Waals surface area contributed by atoms with Crippen molar-refractivity contribution in [2.24, 2.45) is 5.41 Å². The van der Waals surface area contributed by atoms with Crippen molar-refractivity contribution in [3.8, 4) is 6.07 Å². The predicted octanol–water partition coefficient (Wildman–Crippen LogP) is 2.42. The smallest absolute Gasteiger partial charge is 0.244 e. The summed E-state index contributed by atoms with van der Waals surface area (Å²) in [5.74, 6) is 0. The summed E-state index contributed by atoms with van der Waals surface area (Å²) in [6, 6.07) is 2.73. The Labute approximate surface area is 124 Å². The van der Waals surface area contributed by atoms with E-state index in [1.165, 1.54) is 23.9 Å². The Morgan fingerprint density at radius 2 is 1.86 bits per heavy atom. The summed E-state index contributed by atoms with van der Waals surface area (Å²) in [5.41, 5.74) is -0.361. The molecule has 0 saturated heterocycles. The average molecular weight is 289 g/mol. The van der Waals surface area contributed by atoms with E-state index in [4.69, 9.17) is 0 Å². The summed E-state index contributed by atoms with van der Waals surface area (Å²) in [4.78, 5) is 12.3. The van der Waals surface area contributed by atoms with Gasteiger partial charge in [-0.05, 0) is 42.5 Å². The molecule has 0 bridgehead atoms. The molecule has 21 heavy (non-hydrogen) atoms. The second-order valence-electron chi connectivity index (χ2n) is 6.57. The molecule has 1 heterocycles. The van der Waals surface area contributed by atoms with Crippen molar-refractivity contribution in [3.63, 3.8) is 0 Å². The number of hydrogen-bond acceptors (Lipinski definition) is 4. The first kappa shape index (κ1) is 14.3. The summed E-state index contributed by atoms with van der Waals surface area (Å²) in [6.45, 7) is 0.513. The lowest BCUT2D eigenvalue weighted by molar-refractivity contribution is 0.232. The number of tetrazole rings is 1. The van der Waals surface area contributed by atoms with E-state index < -0.39 is 0 Å². The van der Waals surface area contributed by atoms with Gasteiger partial charge in [0.1, 0.15) is 0 Å². The van der Waals surface area contributed by atoms with Crippen molar-refractivity contribution in [1.29, 1.82) is 5.26 Å². The molecule has 2 aliphatic carbocycles. The van der Waals surface area contributed by atoms with Gasteiger partial charge in [0.2, 0.25) is 0 Å². The van der Waals surface area contributed by atoms with E-state index in [2.05, 4.69) is 16.5 Å². The molecule has 0 aromatic carbocycles. The monoisotopic (exact) mass is 289 g/mol. The molecular formula is C15H23N5O. The fourth-order valence-corrected chi connectivity index (χ4v) is 3.77. The number of aromatic nitrogens is 4. The molecule has 1 aromatic heterocycles. The number of aryl methyl sites for hydroxylation is 1. The molecule has 6 heteroatoms. The molecule has 0 spiro atoms. The van der Waals surface area contributed by atoms with Crippen LogP contribution in [0, 0.1) is 16.7 Å². The third-order valence-electron chi connectivity index (χ3n) is 5.18. The Morgan fingerprint density at radius 1 is 1.14 bits per heavy atom. The normalized spacial score (nSPS) is 22.2. The van der Waals surface area contributed by atoms with E-state index in [0.717, 1.165) is 38.5 Å². The maximum atomic E-state index is 12.3. The van der Waals surface area contributed by atoms with Gasteiger partial charge in [-0.25, -0.2) is 4.79 Å². The van der Waals surface area contributed by atoms with Crippen molar-refractivity contribution in [2.75, 3.05) is 0 Å². The van der Waals surface area contributed by atoms with Gasteiger partial charge in [0, 0.05) is 6.54 Å². The van der Waals surface area contributed by atoms with Crippen LogP contribution in [0.1, 0.15) is 70.3 Å². The van der Waals surface area contributed by atoms with Crippen LogP contribution in [-0.2, 0) is 6.54 Å². The van der Waals surface area contributed by atoms with Crippen molar-refractivity contribution in [3.05, 3.63) is 10.5 Å². The molecule has 0 aliphatic heterocycles. The Hall–Kier alpha value is -1.64. The molecule has 0 radical (unpaired) electrons. The largest absolute Gasteiger partial charge is 0.363 e. The van der Waals surface area contributed by atoms with Gasteiger partial charge in [-0.15, -0.1) is 0 Å². The maximum absolute atomic E-state index is 12.3. The van der Waals surface area contributed by atoms with Crippen LogP contribution in [0.2, 0.25) is 0 Å².